The second-order valence-electron chi connectivity index (χ2n) is 6.89. The predicted octanol–water partition coefficient (Wildman–Crippen LogP) is 4.91. The Kier molecular flexibility index (Phi) is 4.86. The Balaban J connectivity index is 1.56. The Labute approximate surface area is 179 Å². The zero-order valence-corrected chi connectivity index (χ0v) is 16.6. The molecule has 2 aromatic carbocycles. The molecule has 0 bridgehead atoms. The van der Waals surface area contributed by atoms with Crippen molar-refractivity contribution in [3.8, 4) is 45.6 Å². The quantitative estimate of drug-likeness (QED) is 0.459. The van der Waals surface area contributed by atoms with Gasteiger partial charge in [0.25, 0.3) is 0 Å². The van der Waals surface area contributed by atoms with Crippen LogP contribution in [0.1, 0.15) is 0 Å². The van der Waals surface area contributed by atoms with Crippen LogP contribution in [-0.2, 0) is 0 Å². The molecule has 6 heteroatoms. The predicted molar refractivity (Wildman–Crippen MR) is 122 cm³/mol. The molecule has 0 radical (unpaired) electrons. The molecule has 3 aromatic heterocycles. The summed E-state index contributed by atoms with van der Waals surface area (Å²) >= 11 is 0. The number of rotatable bonds is 4. The molecule has 0 aliphatic carbocycles. The second-order valence-corrected chi connectivity index (χ2v) is 6.89. The van der Waals surface area contributed by atoms with Crippen LogP contribution in [0.25, 0.3) is 45.6 Å². The standard InChI is InChI=1S/C25H18N6/c26-25-30-23(21-15-7-13-19(27-21)17-9-3-1-4-10-17)29-24(31-25)22-16-8-14-20(28-22)18-11-5-2-6-12-18/h1-16H,(H2,26,29,30,31). The maximum Gasteiger partial charge on any atom is 0.224 e. The highest BCUT2D eigenvalue weighted by molar-refractivity contribution is 5.66. The summed E-state index contributed by atoms with van der Waals surface area (Å²) in [5.41, 5.74) is 11.0. The van der Waals surface area contributed by atoms with Crippen molar-refractivity contribution < 1.29 is 0 Å². The van der Waals surface area contributed by atoms with E-state index < -0.39 is 0 Å². The molecule has 0 saturated carbocycles. The van der Waals surface area contributed by atoms with Gasteiger partial charge in [0.05, 0.1) is 11.4 Å². The van der Waals surface area contributed by atoms with E-state index in [0.29, 0.717) is 23.0 Å². The lowest BCUT2D eigenvalue weighted by Gasteiger charge is -2.07. The molecule has 148 valence electrons. The van der Waals surface area contributed by atoms with E-state index >= 15 is 0 Å². The average molecular weight is 402 g/mol. The van der Waals surface area contributed by atoms with Gasteiger partial charge in [-0.25, -0.2) is 15.0 Å². The molecular formula is C25H18N6. The molecule has 0 aliphatic heterocycles. The Morgan fingerprint density at radius 1 is 0.387 bits per heavy atom. The zero-order valence-electron chi connectivity index (χ0n) is 16.6. The molecule has 0 fully saturated rings. The number of nitrogens with zero attached hydrogens (tertiary/aromatic N) is 5. The minimum Gasteiger partial charge on any atom is -0.368 e. The van der Waals surface area contributed by atoms with Crippen LogP contribution in [0.4, 0.5) is 5.95 Å². The normalized spacial score (nSPS) is 10.7. The Morgan fingerprint density at radius 3 is 1.26 bits per heavy atom. The molecule has 3 heterocycles. The third-order valence-electron chi connectivity index (χ3n) is 4.75. The van der Waals surface area contributed by atoms with E-state index in [4.69, 9.17) is 15.7 Å². The third kappa shape index (κ3) is 4.00. The summed E-state index contributed by atoms with van der Waals surface area (Å²) < 4.78 is 0. The maximum atomic E-state index is 6.01. The molecule has 0 saturated heterocycles. The first-order valence-electron chi connectivity index (χ1n) is 9.83. The minimum atomic E-state index is 0.124. The number of nitrogen functional groups attached to an aromatic ring is 1. The van der Waals surface area contributed by atoms with Crippen molar-refractivity contribution in [2.24, 2.45) is 0 Å². The summed E-state index contributed by atoms with van der Waals surface area (Å²) in [5.74, 6) is 0.943. The van der Waals surface area contributed by atoms with Gasteiger partial charge >= 0.3 is 0 Å². The molecule has 0 atom stereocenters. The first-order valence-corrected chi connectivity index (χ1v) is 9.83. The molecule has 5 aromatic rings. The topological polar surface area (TPSA) is 90.5 Å². The number of hydrogen-bond donors (Lipinski definition) is 1. The highest BCUT2D eigenvalue weighted by Crippen LogP contribution is 2.24. The van der Waals surface area contributed by atoms with Crippen molar-refractivity contribution in [2.75, 3.05) is 5.73 Å². The van der Waals surface area contributed by atoms with Gasteiger partial charge in [-0.3, -0.25) is 0 Å². The Hall–Kier alpha value is -4.45. The smallest absolute Gasteiger partial charge is 0.224 e. The van der Waals surface area contributed by atoms with Crippen LogP contribution < -0.4 is 5.73 Å². The first kappa shape index (κ1) is 18.6. The monoisotopic (exact) mass is 402 g/mol. The second kappa shape index (κ2) is 8.12. The van der Waals surface area contributed by atoms with Crippen molar-refractivity contribution >= 4 is 5.95 Å². The number of anilines is 1. The number of nitrogens with two attached hydrogens (primary N) is 1. The van der Waals surface area contributed by atoms with Gasteiger partial charge in [0.1, 0.15) is 11.4 Å². The molecule has 0 spiro atoms. The van der Waals surface area contributed by atoms with E-state index in [9.17, 15) is 0 Å². The fourth-order valence-corrected chi connectivity index (χ4v) is 3.28. The highest BCUT2D eigenvalue weighted by atomic mass is 15.1. The lowest BCUT2D eigenvalue weighted by molar-refractivity contribution is 1.05. The van der Waals surface area contributed by atoms with E-state index in [1.165, 1.54) is 0 Å². The number of benzene rings is 2. The van der Waals surface area contributed by atoms with E-state index in [1.54, 1.807) is 0 Å². The summed E-state index contributed by atoms with van der Waals surface area (Å²) in [4.78, 5) is 22.7. The molecule has 31 heavy (non-hydrogen) atoms. The van der Waals surface area contributed by atoms with E-state index in [0.717, 1.165) is 22.5 Å². The highest BCUT2D eigenvalue weighted by Gasteiger charge is 2.13. The molecular weight excluding hydrogens is 384 g/mol. The SMILES string of the molecule is Nc1nc(-c2cccc(-c3ccccc3)n2)nc(-c2cccc(-c3ccccc3)n2)n1. The Morgan fingerprint density at radius 2 is 0.806 bits per heavy atom. The summed E-state index contributed by atoms with van der Waals surface area (Å²) in [6, 6.07) is 31.4. The molecule has 6 nitrogen and oxygen atoms in total. The van der Waals surface area contributed by atoms with Crippen molar-refractivity contribution in [1.29, 1.82) is 0 Å². The van der Waals surface area contributed by atoms with Crippen LogP contribution in [0.15, 0.2) is 97.1 Å². The van der Waals surface area contributed by atoms with Crippen molar-refractivity contribution in [2.45, 2.75) is 0 Å². The van der Waals surface area contributed by atoms with Crippen molar-refractivity contribution in [3.63, 3.8) is 0 Å². The third-order valence-corrected chi connectivity index (χ3v) is 4.75. The van der Waals surface area contributed by atoms with Crippen molar-refractivity contribution in [1.82, 2.24) is 24.9 Å². The van der Waals surface area contributed by atoms with Crippen molar-refractivity contribution in [3.05, 3.63) is 97.1 Å². The van der Waals surface area contributed by atoms with Gasteiger partial charge in [-0.05, 0) is 24.3 Å². The van der Waals surface area contributed by atoms with Crippen LogP contribution in [0, 0.1) is 0 Å². The van der Waals surface area contributed by atoms with E-state index in [-0.39, 0.29) is 5.95 Å². The number of aromatic nitrogens is 5. The average Bonchev–Trinajstić information content (AvgIpc) is 2.85. The van der Waals surface area contributed by atoms with E-state index in [1.807, 2.05) is 97.1 Å². The number of pyridine rings is 2. The summed E-state index contributed by atoms with van der Waals surface area (Å²) in [6.45, 7) is 0. The van der Waals surface area contributed by atoms with Crippen LogP contribution in [0.2, 0.25) is 0 Å². The molecule has 2 N–H and O–H groups in total. The molecule has 0 unspecified atom stereocenters. The van der Waals surface area contributed by atoms with Crippen LogP contribution >= 0.6 is 0 Å². The lowest BCUT2D eigenvalue weighted by Crippen LogP contribution is -2.04. The largest absolute Gasteiger partial charge is 0.368 e. The number of hydrogen-bond acceptors (Lipinski definition) is 6. The van der Waals surface area contributed by atoms with Crippen LogP contribution in [0.5, 0.6) is 0 Å². The van der Waals surface area contributed by atoms with Gasteiger partial charge < -0.3 is 5.73 Å². The fourth-order valence-electron chi connectivity index (χ4n) is 3.28. The molecule has 5 rings (SSSR count). The van der Waals surface area contributed by atoms with E-state index in [2.05, 4.69) is 15.0 Å². The minimum absolute atomic E-state index is 0.124. The summed E-state index contributed by atoms with van der Waals surface area (Å²) in [5, 5.41) is 0. The van der Waals surface area contributed by atoms with Gasteiger partial charge in [-0.2, -0.15) is 9.97 Å². The summed E-state index contributed by atoms with van der Waals surface area (Å²) in [6.07, 6.45) is 0. The lowest BCUT2D eigenvalue weighted by atomic mass is 10.1. The maximum absolute atomic E-state index is 6.01. The molecule has 0 aliphatic rings. The van der Waals surface area contributed by atoms with Gasteiger partial charge in [0, 0.05) is 11.1 Å². The van der Waals surface area contributed by atoms with Crippen LogP contribution in [0.3, 0.4) is 0 Å². The van der Waals surface area contributed by atoms with Gasteiger partial charge in [-0.15, -0.1) is 0 Å². The first-order chi connectivity index (χ1) is 15.3. The van der Waals surface area contributed by atoms with Gasteiger partial charge in [0.2, 0.25) is 5.95 Å². The van der Waals surface area contributed by atoms with Gasteiger partial charge in [0.15, 0.2) is 11.6 Å². The zero-order chi connectivity index (χ0) is 21.0. The Bertz CT molecular complexity index is 1240. The summed E-state index contributed by atoms with van der Waals surface area (Å²) in [7, 11) is 0. The molecule has 0 amide bonds. The van der Waals surface area contributed by atoms with Crippen LogP contribution in [-0.4, -0.2) is 24.9 Å². The fraction of sp³-hybridized carbons (Fsp3) is 0. The van der Waals surface area contributed by atoms with Gasteiger partial charge in [-0.1, -0.05) is 72.8 Å².